The third-order valence-corrected chi connectivity index (χ3v) is 2.82. The van der Waals surface area contributed by atoms with Gasteiger partial charge in [0.15, 0.2) is 0 Å². The van der Waals surface area contributed by atoms with Crippen LogP contribution >= 0.6 is 0 Å². The summed E-state index contributed by atoms with van der Waals surface area (Å²) >= 11 is 0. The molecule has 81 valence electrons. The highest BCUT2D eigenvalue weighted by molar-refractivity contribution is 5.56. The molecule has 0 bridgehead atoms. The molecule has 1 aliphatic carbocycles. The molecule has 0 unspecified atom stereocenters. The Morgan fingerprint density at radius 3 is 2.64 bits per heavy atom. The fraction of sp³-hybridized carbons (Fsp3) is 0.909. The summed E-state index contributed by atoms with van der Waals surface area (Å²) in [5.74, 6) is 0.650. The number of hydrogen-bond donors (Lipinski definition) is 1. The van der Waals surface area contributed by atoms with Crippen molar-refractivity contribution in [3.05, 3.63) is 0 Å². The van der Waals surface area contributed by atoms with Crippen molar-refractivity contribution >= 4 is 6.29 Å². The summed E-state index contributed by atoms with van der Waals surface area (Å²) < 4.78 is 5.47. The minimum atomic E-state index is -0.401. The van der Waals surface area contributed by atoms with Crippen molar-refractivity contribution in [1.29, 1.82) is 0 Å². The Bertz CT molecular complexity index is 155. The van der Waals surface area contributed by atoms with Crippen molar-refractivity contribution in [3.63, 3.8) is 0 Å². The van der Waals surface area contributed by atoms with Crippen LogP contribution in [0.3, 0.4) is 0 Å². The molecule has 14 heavy (non-hydrogen) atoms. The Balaban J connectivity index is 2.13. The molecule has 0 aliphatic heterocycles. The molecule has 0 aromatic heterocycles. The summed E-state index contributed by atoms with van der Waals surface area (Å²) in [6, 6.07) is 0. The first kappa shape index (κ1) is 11.7. The highest BCUT2D eigenvalue weighted by Gasteiger charge is 2.16. The SMILES string of the molecule is NCC[C@@H]([C]=O)OCC1CCCCC1. The van der Waals surface area contributed by atoms with E-state index in [2.05, 4.69) is 0 Å². The van der Waals surface area contributed by atoms with Gasteiger partial charge in [-0.3, -0.25) is 4.79 Å². The second kappa shape index (κ2) is 6.96. The van der Waals surface area contributed by atoms with Crippen LogP contribution in [-0.2, 0) is 9.53 Å². The molecule has 0 aromatic carbocycles. The molecule has 1 radical (unpaired) electrons. The van der Waals surface area contributed by atoms with E-state index in [-0.39, 0.29) is 0 Å². The molecule has 0 amide bonds. The van der Waals surface area contributed by atoms with Crippen LogP contribution in [0.15, 0.2) is 0 Å². The summed E-state index contributed by atoms with van der Waals surface area (Å²) in [6.07, 6.45) is 8.53. The summed E-state index contributed by atoms with van der Waals surface area (Å²) in [5, 5.41) is 0. The normalized spacial score (nSPS) is 20.6. The Morgan fingerprint density at radius 2 is 2.07 bits per heavy atom. The molecule has 1 fully saturated rings. The largest absolute Gasteiger partial charge is 0.370 e. The highest BCUT2D eigenvalue weighted by Crippen LogP contribution is 2.23. The Hall–Kier alpha value is -0.410. The number of hydrogen-bond acceptors (Lipinski definition) is 3. The summed E-state index contributed by atoms with van der Waals surface area (Å²) in [6.45, 7) is 1.20. The van der Waals surface area contributed by atoms with Gasteiger partial charge >= 0.3 is 0 Å². The van der Waals surface area contributed by atoms with E-state index in [0.29, 0.717) is 25.5 Å². The first-order valence-electron chi connectivity index (χ1n) is 5.56. The highest BCUT2D eigenvalue weighted by atomic mass is 16.5. The third-order valence-electron chi connectivity index (χ3n) is 2.82. The number of rotatable bonds is 6. The summed E-state index contributed by atoms with van der Waals surface area (Å²) in [4.78, 5) is 10.5. The monoisotopic (exact) mass is 198 g/mol. The zero-order valence-electron chi connectivity index (χ0n) is 8.71. The van der Waals surface area contributed by atoms with Crippen molar-refractivity contribution in [2.45, 2.75) is 44.6 Å². The van der Waals surface area contributed by atoms with Crippen LogP contribution in [0.25, 0.3) is 0 Å². The lowest BCUT2D eigenvalue weighted by atomic mass is 9.90. The van der Waals surface area contributed by atoms with Gasteiger partial charge in [-0.05, 0) is 31.7 Å². The summed E-state index contributed by atoms with van der Waals surface area (Å²) in [7, 11) is 0. The van der Waals surface area contributed by atoms with Crippen LogP contribution in [0.2, 0.25) is 0 Å². The van der Waals surface area contributed by atoms with Crippen molar-refractivity contribution in [2.75, 3.05) is 13.2 Å². The topological polar surface area (TPSA) is 52.3 Å². The Kier molecular flexibility index (Phi) is 5.80. The quantitative estimate of drug-likeness (QED) is 0.702. The van der Waals surface area contributed by atoms with Gasteiger partial charge in [0.2, 0.25) is 6.29 Å². The lowest BCUT2D eigenvalue weighted by Crippen LogP contribution is -2.23. The maximum Gasteiger partial charge on any atom is 0.229 e. The smallest absolute Gasteiger partial charge is 0.229 e. The van der Waals surface area contributed by atoms with Crippen LogP contribution in [0.5, 0.6) is 0 Å². The Labute approximate surface area is 86.0 Å². The molecular weight excluding hydrogens is 178 g/mol. The minimum Gasteiger partial charge on any atom is -0.370 e. The van der Waals surface area contributed by atoms with Gasteiger partial charge in [-0.15, -0.1) is 0 Å². The van der Waals surface area contributed by atoms with Crippen molar-refractivity contribution in [1.82, 2.24) is 0 Å². The number of nitrogens with two attached hydrogens (primary N) is 1. The van der Waals surface area contributed by atoms with Crippen LogP contribution in [0.1, 0.15) is 38.5 Å². The zero-order chi connectivity index (χ0) is 10.2. The molecule has 1 atom stereocenters. The lowest BCUT2D eigenvalue weighted by Gasteiger charge is -2.22. The third kappa shape index (κ3) is 4.20. The molecule has 0 spiro atoms. The molecule has 0 saturated heterocycles. The van der Waals surface area contributed by atoms with Gasteiger partial charge in [0.25, 0.3) is 0 Å². The molecular formula is C11H20NO2. The van der Waals surface area contributed by atoms with Crippen molar-refractivity contribution in [3.8, 4) is 0 Å². The molecule has 1 rings (SSSR count). The van der Waals surface area contributed by atoms with E-state index in [1.807, 2.05) is 6.29 Å². The van der Waals surface area contributed by atoms with Crippen molar-refractivity contribution < 1.29 is 9.53 Å². The van der Waals surface area contributed by atoms with Crippen LogP contribution in [-0.4, -0.2) is 25.5 Å². The fourth-order valence-electron chi connectivity index (χ4n) is 1.93. The van der Waals surface area contributed by atoms with Gasteiger partial charge in [0.1, 0.15) is 6.10 Å². The summed E-state index contributed by atoms with van der Waals surface area (Å²) in [5.41, 5.74) is 5.35. The second-order valence-corrected chi connectivity index (χ2v) is 4.02. The first-order valence-corrected chi connectivity index (χ1v) is 5.56. The van der Waals surface area contributed by atoms with Crippen LogP contribution < -0.4 is 5.73 Å². The number of carbonyl (C=O) groups excluding carboxylic acids is 1. The molecule has 0 heterocycles. The van der Waals surface area contributed by atoms with E-state index in [1.165, 1.54) is 32.1 Å². The van der Waals surface area contributed by atoms with E-state index < -0.39 is 6.10 Å². The second-order valence-electron chi connectivity index (χ2n) is 4.02. The molecule has 2 N–H and O–H groups in total. The zero-order valence-corrected chi connectivity index (χ0v) is 8.71. The predicted molar refractivity (Wildman–Crippen MR) is 55.7 cm³/mol. The van der Waals surface area contributed by atoms with E-state index in [0.717, 1.165) is 0 Å². The minimum absolute atomic E-state index is 0.401. The maximum atomic E-state index is 10.5. The van der Waals surface area contributed by atoms with E-state index in [9.17, 15) is 4.79 Å². The molecule has 3 heteroatoms. The van der Waals surface area contributed by atoms with Gasteiger partial charge in [-0.25, -0.2) is 0 Å². The van der Waals surface area contributed by atoms with Gasteiger partial charge in [0.05, 0.1) is 6.61 Å². The van der Waals surface area contributed by atoms with E-state index in [1.54, 1.807) is 0 Å². The van der Waals surface area contributed by atoms with E-state index in [4.69, 9.17) is 10.5 Å². The molecule has 1 aliphatic rings. The molecule has 3 nitrogen and oxygen atoms in total. The van der Waals surface area contributed by atoms with Gasteiger partial charge in [-0.2, -0.15) is 0 Å². The fourth-order valence-corrected chi connectivity index (χ4v) is 1.93. The van der Waals surface area contributed by atoms with E-state index >= 15 is 0 Å². The first-order chi connectivity index (χ1) is 6.86. The maximum absolute atomic E-state index is 10.5. The standard InChI is InChI=1S/C11H20NO2/c12-7-6-11(8-13)14-9-10-4-2-1-3-5-10/h10-11H,1-7,9,12H2/t11-/m0/s1. The Morgan fingerprint density at radius 1 is 1.36 bits per heavy atom. The van der Waals surface area contributed by atoms with Crippen LogP contribution in [0, 0.1) is 5.92 Å². The lowest BCUT2D eigenvalue weighted by molar-refractivity contribution is 0.0523. The predicted octanol–water partition coefficient (Wildman–Crippen LogP) is 1.41. The van der Waals surface area contributed by atoms with Gasteiger partial charge in [0, 0.05) is 0 Å². The van der Waals surface area contributed by atoms with Crippen LogP contribution in [0.4, 0.5) is 0 Å². The van der Waals surface area contributed by atoms with Gasteiger partial charge < -0.3 is 10.5 Å². The van der Waals surface area contributed by atoms with Crippen molar-refractivity contribution in [2.24, 2.45) is 11.7 Å². The van der Waals surface area contributed by atoms with Gasteiger partial charge in [-0.1, -0.05) is 19.3 Å². The average Bonchev–Trinajstić information content (AvgIpc) is 2.25. The average molecular weight is 198 g/mol. The number of ether oxygens (including phenoxy) is 1. The molecule has 0 aromatic rings. The molecule has 1 saturated carbocycles.